The van der Waals surface area contributed by atoms with E-state index in [-0.39, 0.29) is 135 Å². The molecule has 0 unspecified atom stereocenters. The second-order valence-electron chi connectivity index (χ2n) is 46.1. The predicted molar refractivity (Wildman–Crippen MR) is 563 cm³/mol. The molecular formula is C124H135BN4. The van der Waals surface area contributed by atoms with Crippen molar-refractivity contribution < 1.29 is 34.3 Å². The molecule has 0 saturated carbocycles. The van der Waals surface area contributed by atoms with Crippen LogP contribution in [-0.2, 0) is 54.1 Å². The zero-order valence-electron chi connectivity index (χ0n) is 106. The highest BCUT2D eigenvalue weighted by molar-refractivity contribution is 7.00. The van der Waals surface area contributed by atoms with E-state index in [4.69, 9.17) is 0 Å². The summed E-state index contributed by atoms with van der Waals surface area (Å²) in [6.07, 6.45) is 0. The molecule has 2 aromatic heterocycles. The van der Waals surface area contributed by atoms with E-state index in [0.29, 0.717) is 55.7 Å². The van der Waals surface area contributed by atoms with Gasteiger partial charge in [0, 0.05) is 77.9 Å². The lowest BCUT2D eigenvalue weighted by atomic mass is 9.33. The molecule has 2 aliphatic rings. The molecule has 5 heteroatoms. The zero-order valence-corrected chi connectivity index (χ0v) is 80.9. The van der Waals surface area contributed by atoms with E-state index in [1.165, 1.54) is 9.13 Å². The van der Waals surface area contributed by atoms with E-state index >= 15 is 0 Å². The van der Waals surface area contributed by atoms with Gasteiger partial charge in [0.05, 0.1) is 67.7 Å². The van der Waals surface area contributed by atoms with Crippen LogP contribution in [0.5, 0.6) is 0 Å². The van der Waals surface area contributed by atoms with Crippen LogP contribution >= 0.6 is 0 Å². The number of nitrogens with zero attached hydrogens (tertiary/aromatic N) is 4. The summed E-state index contributed by atoms with van der Waals surface area (Å²) < 4.78 is 260. The van der Waals surface area contributed by atoms with Gasteiger partial charge in [-0.15, -0.1) is 0 Å². The molecule has 2 aliphatic heterocycles. The summed E-state index contributed by atoms with van der Waals surface area (Å²) in [5, 5.41) is -0.853. The topological polar surface area (TPSA) is 16.3 Å². The van der Waals surface area contributed by atoms with Crippen molar-refractivity contribution in [3.63, 3.8) is 0 Å². The number of anilines is 6. The van der Waals surface area contributed by atoms with Crippen LogP contribution < -0.4 is 26.2 Å². The molecule has 0 radical (unpaired) electrons. The minimum Gasteiger partial charge on any atom is -0.310 e. The highest BCUT2D eigenvalue weighted by Gasteiger charge is 2.48. The van der Waals surface area contributed by atoms with Crippen molar-refractivity contribution >= 4 is 101 Å². The quantitative estimate of drug-likeness (QED) is 0.134. The number of rotatable bonds is 9. The van der Waals surface area contributed by atoms with Gasteiger partial charge in [0.2, 0.25) is 0 Å². The second-order valence-corrected chi connectivity index (χ2v) is 46.1. The van der Waals surface area contributed by atoms with Crippen LogP contribution in [0.25, 0.3) is 111 Å². The first-order valence-corrected chi connectivity index (χ1v) is 45.4. The van der Waals surface area contributed by atoms with Gasteiger partial charge in [0.15, 0.2) is 0 Å². The molecule has 18 rings (SSSR count). The molecule has 0 spiro atoms. The van der Waals surface area contributed by atoms with Gasteiger partial charge in [-0.3, -0.25) is 0 Å². The lowest BCUT2D eigenvalue weighted by Gasteiger charge is -2.46. The summed E-state index contributed by atoms with van der Waals surface area (Å²) in [5.41, 5.74) is 3.05. The van der Waals surface area contributed by atoms with Gasteiger partial charge in [-0.2, -0.15) is 0 Å². The van der Waals surface area contributed by atoms with Gasteiger partial charge in [0.25, 0.3) is 6.71 Å². The number of fused-ring (bicyclic) bond motifs is 10. The molecule has 129 heavy (non-hydrogen) atoms. The van der Waals surface area contributed by atoms with E-state index in [1.807, 2.05) is 104 Å². The minimum absolute atomic E-state index is 0.00154. The molecule has 0 amide bonds. The zero-order chi connectivity index (χ0) is 114. The number of hydrogen-bond donors (Lipinski definition) is 0. The third-order valence-electron chi connectivity index (χ3n) is 26.0. The van der Waals surface area contributed by atoms with Gasteiger partial charge in [-0.05, 0) is 244 Å². The second kappa shape index (κ2) is 30.5. The van der Waals surface area contributed by atoms with Crippen LogP contribution in [0.1, 0.15) is 298 Å². The Hall–Kier alpha value is -11.7. The highest BCUT2D eigenvalue weighted by Crippen LogP contribution is 2.59. The van der Waals surface area contributed by atoms with E-state index in [1.54, 1.807) is 39.0 Å². The monoisotopic (exact) mass is 1720 g/mol. The highest BCUT2D eigenvalue weighted by atomic mass is 15.2. The lowest BCUT2D eigenvalue weighted by Crippen LogP contribution is -2.61. The van der Waals surface area contributed by atoms with Gasteiger partial charge >= 0.3 is 0 Å². The molecule has 0 aliphatic carbocycles. The molecule has 0 saturated heterocycles. The third kappa shape index (κ3) is 15.5. The van der Waals surface area contributed by atoms with Crippen molar-refractivity contribution in [3.8, 4) is 67.0 Å². The fourth-order valence-electron chi connectivity index (χ4n) is 18.7. The maximum atomic E-state index is 12.0. The molecule has 14 aromatic carbocycles. The fourth-order valence-corrected chi connectivity index (χ4v) is 18.7. The Morgan fingerprint density at radius 3 is 1.03 bits per heavy atom. The Balaban J connectivity index is 1.22. The Kier molecular flexibility index (Phi) is 14.8. The van der Waals surface area contributed by atoms with E-state index in [2.05, 4.69) is 196 Å². The van der Waals surface area contributed by atoms with Crippen LogP contribution in [0.3, 0.4) is 0 Å². The third-order valence-corrected chi connectivity index (χ3v) is 26.0. The Morgan fingerprint density at radius 2 is 0.605 bits per heavy atom. The number of hydrogen-bond acceptors (Lipinski definition) is 2. The van der Waals surface area contributed by atoms with E-state index in [9.17, 15) is 34.3 Å². The smallest absolute Gasteiger partial charge is 0.252 e. The predicted octanol–water partition coefficient (Wildman–Crippen LogP) is 33.3. The van der Waals surface area contributed by atoms with Crippen molar-refractivity contribution in [1.29, 1.82) is 0 Å². The van der Waals surface area contributed by atoms with Gasteiger partial charge < -0.3 is 18.9 Å². The van der Waals surface area contributed by atoms with Crippen molar-refractivity contribution in [1.82, 2.24) is 9.13 Å². The number of para-hydroxylation sites is 4. The van der Waals surface area contributed by atoms with Crippen molar-refractivity contribution in [3.05, 3.63) is 328 Å². The lowest BCUT2D eigenvalue weighted by molar-refractivity contribution is 0.568. The average Bonchev–Trinajstić information content (AvgIpc) is 0.783. The van der Waals surface area contributed by atoms with Crippen molar-refractivity contribution in [2.45, 2.75) is 262 Å². The summed E-state index contributed by atoms with van der Waals surface area (Å²) in [4.78, 5) is 4.12. The summed E-state index contributed by atoms with van der Waals surface area (Å²) in [6.45, 7) is 59.8. The molecule has 0 fully saturated rings. The Bertz CT molecular complexity index is 8600. The first kappa shape index (κ1) is 62.6. The van der Waals surface area contributed by atoms with Crippen LogP contribution in [0.2, 0.25) is 0 Å². The largest absolute Gasteiger partial charge is 0.310 e. The number of benzene rings is 14. The minimum atomic E-state index is -1.31. The van der Waals surface area contributed by atoms with Crippen LogP contribution in [0.15, 0.2) is 272 Å². The molecule has 4 nitrogen and oxygen atoms in total. The van der Waals surface area contributed by atoms with Gasteiger partial charge in [-0.1, -0.05) is 395 Å². The summed E-state index contributed by atoms with van der Waals surface area (Å²) in [6, 6.07) is 27.2. The standard InChI is InChI=1S/C124H135BN4/c1-115(2,3)79-53-51-76(52-54-79)94-69-84(120(16,17)18)72-98(95-68-80(116(4,5)6)56-60-100(95)123(25,26)27)113(94)128-108-74-86(126-104-47-37-32-42-90(104)91-43-33-38-48-105(91)126)57-61-102(108)125-103-62-58-87(127-106-49-39-34-44-92(106)93-45-35-40-50-107(93)127)75-109(103)129(111-66-78(65-110(128)112(111)125)77-63-82(118(10,11)12)67-83(64-77)119(13,14)15)114-96(88-41-31-36-46-99(88)122(22,23)24)70-85(121(19,20)21)71-97(114)89-59-55-81(117(7,8)9)73-101(89)124(28,29)30/h31-75H,1-30H3/i32D,33D,34D,35D,37D,38D,39D,40D,42D,43D,44D,45D,47D,48D,49D,50D,51D,52D,53D,54D,56D,60D,68D,69D,72D. The number of aromatic nitrogens is 2. The molecule has 0 bridgehead atoms. The molecule has 654 valence electrons. The van der Waals surface area contributed by atoms with Crippen LogP contribution in [0.4, 0.5) is 34.1 Å². The maximum Gasteiger partial charge on any atom is 0.252 e. The molecular weight excluding hydrogens is 1560 g/mol. The first-order chi connectivity index (χ1) is 70.8. The normalized spacial score (nSPS) is 16.5. The molecule has 0 atom stereocenters. The summed E-state index contributed by atoms with van der Waals surface area (Å²) >= 11 is 0. The van der Waals surface area contributed by atoms with Crippen LogP contribution in [-0.4, -0.2) is 15.8 Å². The van der Waals surface area contributed by atoms with Crippen LogP contribution in [0, 0.1) is 0 Å². The van der Waals surface area contributed by atoms with E-state index in [0.717, 1.165) is 44.5 Å². The fraction of sp³-hybridized carbons (Fsp3) is 0.323. The van der Waals surface area contributed by atoms with Gasteiger partial charge in [-0.25, -0.2) is 0 Å². The average molecular weight is 1720 g/mol. The SMILES string of the molecule is [2H]c1c([2H])c(C(C)(C)C)c([2H])c([2H])c1-c1c([2H])c(C(C)(C)C)c([2H])c(-c2c([2H])c(C(C)(C)C)c([2H])c([2H])c2C(C)(C)C)c1N1c2cc(-n3c4c([2H])c([2H])c([2H])c([2H])c4c4c([2H])c([2H])c([2H])c([2H])c43)ccc2B2c3ccc(-n4c5c([2H])c([2H])c([2H])c([2H])c5c5c([2H])c([2H])c([2H])c([2H])c54)cc3N(c3c(-c4ccccc4C(C)(C)C)cc(C(C)(C)C)cc3-c3ccc(C(C)(C)C)cc3C(C)(C)C)c3cc(-c4cc(C(C)(C)C)cc(C(C)(C)C)c4)cc1c32. The Morgan fingerprint density at radius 1 is 0.233 bits per heavy atom. The maximum absolute atomic E-state index is 12.0. The van der Waals surface area contributed by atoms with Crippen molar-refractivity contribution in [2.75, 3.05) is 9.80 Å². The summed E-state index contributed by atoms with van der Waals surface area (Å²) in [7, 11) is 0. The van der Waals surface area contributed by atoms with E-state index < -0.39 is 193 Å². The van der Waals surface area contributed by atoms with Crippen molar-refractivity contribution in [2.24, 2.45) is 0 Å². The molecule has 16 aromatic rings. The summed E-state index contributed by atoms with van der Waals surface area (Å²) in [5.74, 6) is 0. The molecule has 0 N–H and O–H groups in total. The first-order valence-electron chi connectivity index (χ1n) is 57.9. The molecule has 4 heterocycles. The Labute approximate surface area is 807 Å². The van der Waals surface area contributed by atoms with Gasteiger partial charge in [0.1, 0.15) is 0 Å².